The largest absolute Gasteiger partial charge is 0.455 e. The molecule has 4 rings (SSSR count). The molecule has 2 heterocycles. The normalized spacial score (nSPS) is 11.7. The minimum absolute atomic E-state index is 0.0284. The summed E-state index contributed by atoms with van der Waals surface area (Å²) in [5, 5.41) is 0.708. The van der Waals surface area contributed by atoms with Crippen molar-refractivity contribution < 1.29 is 4.42 Å². The van der Waals surface area contributed by atoms with E-state index >= 15 is 0 Å². The first-order chi connectivity index (χ1) is 12.1. The average molecular weight is 331 g/mol. The Labute approximate surface area is 146 Å². The van der Waals surface area contributed by atoms with Crippen molar-refractivity contribution in [2.45, 2.75) is 33.2 Å². The summed E-state index contributed by atoms with van der Waals surface area (Å²) in [7, 11) is 0. The van der Waals surface area contributed by atoms with E-state index in [0.717, 1.165) is 34.3 Å². The number of fused-ring (bicyclic) bond motifs is 2. The van der Waals surface area contributed by atoms with Gasteiger partial charge >= 0.3 is 0 Å². The maximum absolute atomic E-state index is 13.1. The summed E-state index contributed by atoms with van der Waals surface area (Å²) >= 11 is 0. The third-order valence-electron chi connectivity index (χ3n) is 4.71. The molecule has 2 aromatic heterocycles. The van der Waals surface area contributed by atoms with Crippen LogP contribution in [0.2, 0.25) is 0 Å². The molecular weight excluding hydrogens is 310 g/mol. The van der Waals surface area contributed by atoms with E-state index in [4.69, 9.17) is 4.42 Å². The number of pyridine rings is 1. The molecule has 0 radical (unpaired) electrons. The summed E-state index contributed by atoms with van der Waals surface area (Å²) in [6.07, 6.45) is 0.743. The first kappa shape index (κ1) is 15.7. The molecular formula is C22H21NO2. The molecule has 3 nitrogen and oxygen atoms in total. The van der Waals surface area contributed by atoms with Crippen molar-refractivity contribution in [2.24, 2.45) is 0 Å². The van der Waals surface area contributed by atoms with Gasteiger partial charge in [0.1, 0.15) is 11.3 Å². The monoisotopic (exact) mass is 331 g/mol. The molecule has 25 heavy (non-hydrogen) atoms. The van der Waals surface area contributed by atoms with Gasteiger partial charge in [0.2, 0.25) is 5.43 Å². The molecule has 0 N–H and O–H groups in total. The third kappa shape index (κ3) is 2.30. The van der Waals surface area contributed by atoms with Gasteiger partial charge in [-0.15, -0.1) is 0 Å². The SMILES string of the molecule is CCc1oc2c(=O)c3ccccc3n(C(C)C)c2c1-c1ccccc1. The van der Waals surface area contributed by atoms with Gasteiger partial charge in [-0.2, -0.15) is 0 Å². The maximum Gasteiger partial charge on any atom is 0.232 e. The van der Waals surface area contributed by atoms with E-state index in [2.05, 4.69) is 37.5 Å². The third-order valence-corrected chi connectivity index (χ3v) is 4.71. The molecule has 126 valence electrons. The Bertz CT molecular complexity index is 1120. The molecule has 0 saturated carbocycles. The summed E-state index contributed by atoms with van der Waals surface area (Å²) in [6, 6.07) is 18.2. The lowest BCUT2D eigenvalue weighted by Gasteiger charge is -2.17. The van der Waals surface area contributed by atoms with Gasteiger partial charge in [-0.05, 0) is 31.5 Å². The predicted octanol–water partition coefficient (Wildman–Crippen LogP) is 5.56. The van der Waals surface area contributed by atoms with Crippen LogP contribution in [-0.4, -0.2) is 4.57 Å². The van der Waals surface area contributed by atoms with Gasteiger partial charge in [0, 0.05) is 23.4 Å². The summed E-state index contributed by atoms with van der Waals surface area (Å²) in [5.41, 5.74) is 4.41. The van der Waals surface area contributed by atoms with Crippen molar-refractivity contribution >= 4 is 22.0 Å². The minimum Gasteiger partial charge on any atom is -0.455 e. The molecule has 0 aliphatic carbocycles. The van der Waals surface area contributed by atoms with E-state index in [0.29, 0.717) is 11.0 Å². The van der Waals surface area contributed by atoms with Crippen LogP contribution in [0.4, 0.5) is 0 Å². The molecule has 0 bridgehead atoms. The van der Waals surface area contributed by atoms with Crippen LogP contribution in [0.25, 0.3) is 33.1 Å². The number of nitrogens with zero attached hydrogens (tertiary/aromatic N) is 1. The second-order valence-electron chi connectivity index (χ2n) is 6.61. The van der Waals surface area contributed by atoms with Gasteiger partial charge in [-0.25, -0.2) is 0 Å². The van der Waals surface area contributed by atoms with Crippen LogP contribution in [0.3, 0.4) is 0 Å². The molecule has 0 atom stereocenters. The van der Waals surface area contributed by atoms with Gasteiger partial charge < -0.3 is 8.98 Å². The summed E-state index contributed by atoms with van der Waals surface area (Å²) < 4.78 is 8.33. The Morgan fingerprint density at radius 3 is 2.36 bits per heavy atom. The fourth-order valence-electron chi connectivity index (χ4n) is 3.66. The predicted molar refractivity (Wildman–Crippen MR) is 103 cm³/mol. The number of benzene rings is 2. The highest BCUT2D eigenvalue weighted by atomic mass is 16.3. The molecule has 0 aliphatic heterocycles. The zero-order valence-corrected chi connectivity index (χ0v) is 14.7. The maximum atomic E-state index is 13.1. The lowest BCUT2D eigenvalue weighted by Crippen LogP contribution is -2.12. The van der Waals surface area contributed by atoms with Gasteiger partial charge in [-0.3, -0.25) is 4.79 Å². The van der Waals surface area contributed by atoms with Gasteiger partial charge in [0.25, 0.3) is 0 Å². The fourth-order valence-corrected chi connectivity index (χ4v) is 3.66. The highest BCUT2D eigenvalue weighted by Gasteiger charge is 2.23. The van der Waals surface area contributed by atoms with Crippen LogP contribution >= 0.6 is 0 Å². The molecule has 3 heteroatoms. The number of aryl methyl sites for hydroxylation is 1. The van der Waals surface area contributed by atoms with Crippen molar-refractivity contribution in [3.05, 3.63) is 70.6 Å². The zero-order valence-electron chi connectivity index (χ0n) is 14.7. The van der Waals surface area contributed by atoms with E-state index in [1.807, 2.05) is 42.5 Å². The molecule has 0 fully saturated rings. The number of para-hydroxylation sites is 1. The molecule has 0 unspecified atom stereocenters. The van der Waals surface area contributed by atoms with Crippen molar-refractivity contribution in [3.8, 4) is 11.1 Å². The van der Waals surface area contributed by atoms with Crippen LogP contribution in [0.15, 0.2) is 63.8 Å². The standard InChI is InChI=1S/C22H21NO2/c1-4-18-19(15-10-6-5-7-11-15)20-22(25-18)21(24)16-12-8-9-13-17(16)23(20)14(2)3/h5-14H,4H2,1-3H3. The van der Waals surface area contributed by atoms with Crippen LogP contribution in [0.5, 0.6) is 0 Å². The van der Waals surface area contributed by atoms with Crippen molar-refractivity contribution in [2.75, 3.05) is 0 Å². The molecule has 0 aliphatic rings. The van der Waals surface area contributed by atoms with Crippen LogP contribution in [0.1, 0.15) is 32.6 Å². The molecule has 0 spiro atoms. The van der Waals surface area contributed by atoms with Gasteiger partial charge in [0.05, 0.1) is 5.52 Å². The lowest BCUT2D eigenvalue weighted by molar-refractivity contribution is 0.554. The van der Waals surface area contributed by atoms with Crippen molar-refractivity contribution in [3.63, 3.8) is 0 Å². The lowest BCUT2D eigenvalue weighted by atomic mass is 10.0. The van der Waals surface area contributed by atoms with Gasteiger partial charge in [0.15, 0.2) is 5.58 Å². The minimum atomic E-state index is -0.0284. The van der Waals surface area contributed by atoms with Crippen molar-refractivity contribution in [1.29, 1.82) is 0 Å². The number of furan rings is 1. The Balaban J connectivity index is 2.29. The quantitative estimate of drug-likeness (QED) is 0.493. The van der Waals surface area contributed by atoms with Crippen molar-refractivity contribution in [1.82, 2.24) is 4.57 Å². The Kier molecular flexibility index (Phi) is 3.72. The number of aromatic nitrogens is 1. The second kappa shape index (κ2) is 5.92. The Morgan fingerprint density at radius 1 is 1.00 bits per heavy atom. The first-order valence-corrected chi connectivity index (χ1v) is 8.77. The zero-order chi connectivity index (χ0) is 17.6. The van der Waals surface area contributed by atoms with Crippen LogP contribution in [-0.2, 0) is 6.42 Å². The molecule has 0 saturated heterocycles. The van der Waals surface area contributed by atoms with E-state index in [1.54, 1.807) is 0 Å². The average Bonchev–Trinajstić information content (AvgIpc) is 3.02. The van der Waals surface area contributed by atoms with Gasteiger partial charge in [-0.1, -0.05) is 49.4 Å². The first-order valence-electron chi connectivity index (χ1n) is 8.77. The summed E-state index contributed by atoms with van der Waals surface area (Å²) in [5.74, 6) is 0.864. The molecule has 0 amide bonds. The highest BCUT2D eigenvalue weighted by Crippen LogP contribution is 2.37. The van der Waals surface area contributed by atoms with E-state index < -0.39 is 0 Å². The topological polar surface area (TPSA) is 35.1 Å². The molecule has 2 aromatic carbocycles. The second-order valence-corrected chi connectivity index (χ2v) is 6.61. The van der Waals surface area contributed by atoms with E-state index in [9.17, 15) is 4.79 Å². The highest BCUT2D eigenvalue weighted by molar-refractivity contribution is 5.99. The summed E-state index contributed by atoms with van der Waals surface area (Å²) in [6.45, 7) is 6.35. The Morgan fingerprint density at radius 2 is 1.68 bits per heavy atom. The Hall–Kier alpha value is -2.81. The van der Waals surface area contributed by atoms with E-state index in [1.165, 1.54) is 0 Å². The van der Waals surface area contributed by atoms with Crippen LogP contribution in [0, 0.1) is 0 Å². The fraction of sp³-hybridized carbons (Fsp3) is 0.227. The number of hydrogen-bond donors (Lipinski definition) is 0. The smallest absolute Gasteiger partial charge is 0.232 e. The van der Waals surface area contributed by atoms with Crippen LogP contribution < -0.4 is 5.43 Å². The number of rotatable bonds is 3. The molecule has 4 aromatic rings. The number of hydrogen-bond acceptors (Lipinski definition) is 2. The summed E-state index contributed by atoms with van der Waals surface area (Å²) in [4.78, 5) is 13.1. The van der Waals surface area contributed by atoms with E-state index in [-0.39, 0.29) is 11.5 Å².